The van der Waals surface area contributed by atoms with E-state index in [1.165, 1.54) is 12.4 Å². The predicted molar refractivity (Wildman–Crippen MR) is 116 cm³/mol. The van der Waals surface area contributed by atoms with Crippen LogP contribution in [0.1, 0.15) is 41.6 Å². The van der Waals surface area contributed by atoms with Gasteiger partial charge in [0.15, 0.2) is 5.78 Å². The molecule has 3 heterocycles. The Morgan fingerprint density at radius 3 is 2.41 bits per heavy atom. The van der Waals surface area contributed by atoms with Gasteiger partial charge >= 0.3 is 0 Å². The highest BCUT2D eigenvalue weighted by Crippen LogP contribution is 2.38. The Hall–Kier alpha value is -3.14. The molecule has 0 spiro atoms. The van der Waals surface area contributed by atoms with Crippen LogP contribution >= 0.6 is 0 Å². The van der Waals surface area contributed by atoms with Crippen LogP contribution < -0.4 is 0 Å². The zero-order valence-electron chi connectivity index (χ0n) is 18.5. The molecule has 2 aromatic heterocycles. The van der Waals surface area contributed by atoms with E-state index in [0.717, 1.165) is 30.3 Å². The van der Waals surface area contributed by atoms with E-state index in [1.807, 2.05) is 0 Å². The van der Waals surface area contributed by atoms with E-state index in [0.29, 0.717) is 11.1 Å². The molecule has 1 aliphatic heterocycles. The number of aliphatic hydroxyl groups excluding tert-OH is 2. The fourth-order valence-electron chi connectivity index (χ4n) is 4.18. The number of benzene rings is 1. The van der Waals surface area contributed by atoms with Crippen molar-refractivity contribution in [3.8, 4) is 11.3 Å². The van der Waals surface area contributed by atoms with Crippen molar-refractivity contribution in [3.05, 3.63) is 83.1 Å². The summed E-state index contributed by atoms with van der Waals surface area (Å²) in [5.41, 5.74) is -0.318. The average molecular weight is 472 g/mol. The summed E-state index contributed by atoms with van der Waals surface area (Å²) in [5.74, 6) is -3.95. The van der Waals surface area contributed by atoms with E-state index >= 15 is 0 Å². The Morgan fingerprint density at radius 2 is 1.71 bits per heavy atom. The molecule has 5 atom stereocenters. The number of ketones is 1. The van der Waals surface area contributed by atoms with E-state index in [2.05, 4.69) is 9.97 Å². The van der Waals surface area contributed by atoms with Crippen molar-refractivity contribution < 1.29 is 32.9 Å². The second-order valence-corrected chi connectivity index (χ2v) is 8.40. The van der Waals surface area contributed by atoms with Crippen LogP contribution in [0.2, 0.25) is 0 Å². The highest BCUT2D eigenvalue weighted by molar-refractivity contribution is 5.96. The summed E-state index contributed by atoms with van der Waals surface area (Å²) in [4.78, 5) is 21.0. The Kier molecular flexibility index (Phi) is 6.79. The predicted octanol–water partition coefficient (Wildman–Crippen LogP) is 3.80. The van der Waals surface area contributed by atoms with Gasteiger partial charge in [-0.1, -0.05) is 13.0 Å². The maximum absolute atomic E-state index is 14.4. The first-order valence-electron chi connectivity index (χ1n) is 10.8. The van der Waals surface area contributed by atoms with Crippen LogP contribution in [0.4, 0.5) is 13.2 Å². The molecule has 6 nitrogen and oxygen atoms in total. The fraction of sp³-hybridized carbons (Fsp3) is 0.320. The van der Waals surface area contributed by atoms with E-state index < -0.39 is 64.8 Å². The van der Waals surface area contributed by atoms with Gasteiger partial charge in [0.2, 0.25) is 0 Å². The Morgan fingerprint density at radius 1 is 1.00 bits per heavy atom. The molecule has 0 unspecified atom stereocenters. The van der Waals surface area contributed by atoms with Gasteiger partial charge in [-0.05, 0) is 48.4 Å². The van der Waals surface area contributed by atoms with Crippen molar-refractivity contribution in [3.63, 3.8) is 0 Å². The molecule has 178 valence electrons. The third-order valence-corrected chi connectivity index (χ3v) is 6.14. The van der Waals surface area contributed by atoms with E-state index in [9.17, 15) is 28.2 Å². The van der Waals surface area contributed by atoms with Crippen molar-refractivity contribution >= 4 is 5.78 Å². The van der Waals surface area contributed by atoms with E-state index in [4.69, 9.17) is 4.74 Å². The summed E-state index contributed by atoms with van der Waals surface area (Å²) in [7, 11) is 0. The summed E-state index contributed by atoms with van der Waals surface area (Å²) >= 11 is 0. The normalized spacial score (nSPS) is 24.7. The summed E-state index contributed by atoms with van der Waals surface area (Å²) in [5, 5.41) is 20.5. The van der Waals surface area contributed by atoms with Crippen molar-refractivity contribution in [1.29, 1.82) is 0 Å². The van der Waals surface area contributed by atoms with Gasteiger partial charge in [0.25, 0.3) is 0 Å². The minimum atomic E-state index is -1.04. The topological polar surface area (TPSA) is 92.5 Å². The quantitative estimate of drug-likeness (QED) is 0.549. The number of halogens is 3. The molecular weight excluding hydrogens is 449 g/mol. The first-order chi connectivity index (χ1) is 16.2. The Balaban J connectivity index is 1.65. The minimum Gasteiger partial charge on any atom is -0.390 e. The van der Waals surface area contributed by atoms with Gasteiger partial charge in [-0.15, -0.1) is 0 Å². The summed E-state index contributed by atoms with van der Waals surface area (Å²) < 4.78 is 48.7. The minimum absolute atomic E-state index is 0.171. The van der Waals surface area contributed by atoms with E-state index in [-0.39, 0.29) is 12.1 Å². The third kappa shape index (κ3) is 4.46. The molecule has 9 heteroatoms. The van der Waals surface area contributed by atoms with Crippen molar-refractivity contribution in [2.24, 2.45) is 5.92 Å². The largest absolute Gasteiger partial charge is 0.390 e. The molecule has 4 rings (SSSR count). The zero-order chi connectivity index (χ0) is 24.6. The number of carbonyl (C=O) groups is 1. The van der Waals surface area contributed by atoms with Gasteiger partial charge in [-0.3, -0.25) is 9.78 Å². The number of ether oxygens (including phenoxy) is 1. The Bertz CT molecular complexity index is 1200. The van der Waals surface area contributed by atoms with Crippen LogP contribution in [0.25, 0.3) is 11.3 Å². The van der Waals surface area contributed by atoms with Crippen LogP contribution in [0.3, 0.4) is 0 Å². The lowest BCUT2D eigenvalue weighted by Gasteiger charge is -2.41. The second kappa shape index (κ2) is 9.61. The molecule has 1 aliphatic rings. The third-order valence-electron chi connectivity index (χ3n) is 6.14. The van der Waals surface area contributed by atoms with Gasteiger partial charge in [-0.25, -0.2) is 18.2 Å². The molecule has 1 aromatic carbocycles. The monoisotopic (exact) mass is 472 g/mol. The molecule has 0 aliphatic carbocycles. The number of nitrogens with zero attached hydrogens (tertiary/aromatic N) is 2. The van der Waals surface area contributed by atoms with Crippen molar-refractivity contribution in [2.45, 2.75) is 44.7 Å². The van der Waals surface area contributed by atoms with Gasteiger partial charge in [-0.2, -0.15) is 0 Å². The number of Topliss-reactive ketones (excluding diaryl/α,β-unsaturated/α-hetero) is 1. The first kappa shape index (κ1) is 24.0. The van der Waals surface area contributed by atoms with E-state index in [1.54, 1.807) is 19.9 Å². The molecule has 1 fully saturated rings. The molecular formula is C25H23F3N2O4. The molecule has 0 amide bonds. The molecule has 34 heavy (non-hydrogen) atoms. The van der Waals surface area contributed by atoms with Crippen LogP contribution in [-0.2, 0) is 11.2 Å². The molecule has 0 radical (unpaired) electrons. The van der Waals surface area contributed by atoms with Gasteiger partial charge in [0.05, 0.1) is 23.9 Å². The number of hydrogen-bond acceptors (Lipinski definition) is 6. The lowest BCUT2D eigenvalue weighted by Crippen LogP contribution is -2.49. The maximum atomic E-state index is 14.4. The highest BCUT2D eigenvalue weighted by Gasteiger charge is 2.41. The van der Waals surface area contributed by atoms with Crippen LogP contribution in [0, 0.1) is 23.4 Å². The number of carbonyl (C=O) groups excluding carboxylic acids is 1. The lowest BCUT2D eigenvalue weighted by molar-refractivity contribution is -0.192. The zero-order valence-corrected chi connectivity index (χ0v) is 18.5. The second-order valence-electron chi connectivity index (χ2n) is 8.40. The Labute approximate surface area is 194 Å². The SMILES string of the molecule is C[C@@H]1[C@H](O)[C@H](O)[C@H](C)O[C@@H]1c1ccncc1CC(=O)c1ccc(F)c(-c2c(F)cccc2F)n1. The van der Waals surface area contributed by atoms with Crippen LogP contribution in [0.5, 0.6) is 0 Å². The number of hydrogen-bond donors (Lipinski definition) is 2. The van der Waals surface area contributed by atoms with Crippen molar-refractivity contribution in [1.82, 2.24) is 9.97 Å². The van der Waals surface area contributed by atoms with Crippen LogP contribution in [-0.4, -0.2) is 44.3 Å². The maximum Gasteiger partial charge on any atom is 0.185 e. The average Bonchev–Trinajstić information content (AvgIpc) is 2.81. The summed E-state index contributed by atoms with van der Waals surface area (Å²) in [6.07, 6.45) is -0.501. The highest BCUT2D eigenvalue weighted by atomic mass is 19.1. The van der Waals surface area contributed by atoms with Gasteiger partial charge in [0, 0.05) is 24.7 Å². The van der Waals surface area contributed by atoms with Crippen molar-refractivity contribution in [2.75, 3.05) is 0 Å². The number of rotatable bonds is 5. The van der Waals surface area contributed by atoms with Gasteiger partial charge in [0.1, 0.15) is 34.9 Å². The molecule has 3 aromatic rings. The smallest absolute Gasteiger partial charge is 0.185 e. The summed E-state index contributed by atoms with van der Waals surface area (Å²) in [6.45, 7) is 3.37. The number of pyridine rings is 2. The molecule has 0 bridgehead atoms. The van der Waals surface area contributed by atoms with Gasteiger partial charge < -0.3 is 14.9 Å². The molecule has 1 saturated heterocycles. The number of aliphatic hydroxyl groups is 2. The van der Waals surface area contributed by atoms with Crippen LogP contribution in [0.15, 0.2) is 48.8 Å². The first-order valence-corrected chi connectivity index (χ1v) is 10.8. The number of aromatic nitrogens is 2. The fourth-order valence-corrected chi connectivity index (χ4v) is 4.18. The lowest BCUT2D eigenvalue weighted by atomic mass is 9.83. The molecule has 0 saturated carbocycles. The standard InChI is InChI=1S/C25H23F3N2O4/c1-12-23(32)24(33)13(2)34-25(12)15-8-9-29-11-14(15)10-20(31)19-7-6-18(28)22(30-19)21-16(26)4-3-5-17(21)27/h3-9,11-13,23-25,32-33H,10H2,1-2H3/t12-,13+,23+,24-,25+/m1/s1. The summed E-state index contributed by atoms with van der Waals surface area (Å²) in [6, 6.07) is 6.87. The molecule has 2 N–H and O–H groups in total.